The van der Waals surface area contributed by atoms with E-state index in [1.54, 1.807) is 17.0 Å². The Kier molecular flexibility index (Phi) is 19.0. The van der Waals surface area contributed by atoms with Crippen LogP contribution in [0.4, 0.5) is 4.79 Å². The van der Waals surface area contributed by atoms with E-state index in [0.29, 0.717) is 18.2 Å². The van der Waals surface area contributed by atoms with E-state index in [4.69, 9.17) is 19.7 Å². The predicted molar refractivity (Wildman–Crippen MR) is 218 cm³/mol. The first-order chi connectivity index (χ1) is 25.2. The fourth-order valence-corrected chi connectivity index (χ4v) is 6.48. The van der Waals surface area contributed by atoms with Gasteiger partial charge in [0, 0.05) is 25.2 Å². The summed E-state index contributed by atoms with van der Waals surface area (Å²) in [4.78, 5) is 13.7. The number of carbonyl (C=O) groups excluding carboxylic acids is 1. The fraction of sp³-hybridized carbons (Fsp3) is 0.457. The number of aliphatic hydroxyl groups excluding tert-OH is 1. The van der Waals surface area contributed by atoms with Gasteiger partial charge in [-0.25, -0.2) is 4.79 Å². The lowest BCUT2D eigenvalue weighted by molar-refractivity contribution is 0.00705. The van der Waals surface area contributed by atoms with Crippen LogP contribution in [0.1, 0.15) is 102 Å². The van der Waals surface area contributed by atoms with E-state index in [1.807, 2.05) is 51.1 Å². The van der Waals surface area contributed by atoms with Crippen molar-refractivity contribution in [1.82, 2.24) is 10.2 Å². The van der Waals surface area contributed by atoms with Crippen molar-refractivity contribution < 1.29 is 24.5 Å². The third-order valence-corrected chi connectivity index (χ3v) is 9.23. The van der Waals surface area contributed by atoms with Crippen molar-refractivity contribution in [2.45, 2.75) is 110 Å². The van der Waals surface area contributed by atoms with E-state index in [-0.39, 0.29) is 26.2 Å². The van der Waals surface area contributed by atoms with Crippen molar-refractivity contribution in [2.75, 3.05) is 26.3 Å². The molecule has 0 radical (unpaired) electrons. The smallest absolute Gasteiger partial charge is 0.410 e. The molecule has 1 amide bonds. The molecule has 6 rings (SSSR count). The predicted octanol–water partition coefficient (Wildman–Crippen LogP) is 9.97. The monoisotopic (exact) mass is 724 g/mol. The number of rotatable bonds is 10. The zero-order valence-corrected chi connectivity index (χ0v) is 31.5. The number of aromatic hydroxyl groups is 1. The maximum Gasteiger partial charge on any atom is 0.410 e. The maximum absolute atomic E-state index is 11.9. The molecule has 0 saturated carbocycles. The largest absolute Gasteiger partial charge is 0.508 e. The van der Waals surface area contributed by atoms with Crippen molar-refractivity contribution in [1.29, 1.82) is 0 Å². The minimum Gasteiger partial charge on any atom is -0.508 e. The van der Waals surface area contributed by atoms with E-state index in [1.165, 1.54) is 48.1 Å². The Labute approximate surface area is 319 Å². The first kappa shape index (κ1) is 43.1. The Bertz CT molecular complexity index is 1530. The number of amides is 1. The number of hydrogen-bond donors (Lipinski definition) is 3. The van der Waals surface area contributed by atoms with E-state index < -0.39 is 5.60 Å². The summed E-state index contributed by atoms with van der Waals surface area (Å²) in [6.45, 7) is 8.46. The van der Waals surface area contributed by atoms with E-state index in [2.05, 4.69) is 72.0 Å². The van der Waals surface area contributed by atoms with Crippen LogP contribution in [0.25, 0.3) is 0 Å². The number of piperidine rings is 2. The van der Waals surface area contributed by atoms with Crippen LogP contribution < -0.4 is 10.1 Å². The average molecular weight is 725 g/mol. The van der Waals surface area contributed by atoms with Gasteiger partial charge in [-0.15, -0.1) is 0 Å². The Hall–Kier alpha value is -4.33. The number of hydrogen-bond acceptors (Lipinski definition) is 6. The molecular formula is C46H64N2O5. The molecule has 2 saturated heterocycles. The van der Waals surface area contributed by atoms with Crippen LogP contribution in [0, 0.1) is 0 Å². The molecule has 0 aliphatic carbocycles. The minimum absolute atomic E-state index is 0. The number of phenols is 1. The Balaban J connectivity index is 0.000000219. The Morgan fingerprint density at radius 1 is 0.736 bits per heavy atom. The van der Waals surface area contributed by atoms with Crippen molar-refractivity contribution in [3.05, 3.63) is 131 Å². The molecule has 0 spiro atoms. The van der Waals surface area contributed by atoms with Crippen LogP contribution in [0.2, 0.25) is 0 Å². The van der Waals surface area contributed by atoms with Gasteiger partial charge in [-0.1, -0.05) is 98.8 Å². The third kappa shape index (κ3) is 16.9. The van der Waals surface area contributed by atoms with E-state index in [0.717, 1.165) is 57.4 Å². The van der Waals surface area contributed by atoms with Gasteiger partial charge in [-0.2, -0.15) is 0 Å². The highest BCUT2D eigenvalue weighted by molar-refractivity contribution is 5.68. The number of nitrogens with zero attached hydrogens (tertiary/aromatic N) is 1. The number of likely N-dealkylation sites (tertiary alicyclic amines) is 1. The molecule has 7 heteroatoms. The highest BCUT2D eigenvalue weighted by atomic mass is 16.6. The van der Waals surface area contributed by atoms with Crippen LogP contribution in [-0.2, 0) is 17.6 Å². The molecule has 7 nitrogen and oxygen atoms in total. The highest BCUT2D eigenvalue weighted by Gasteiger charge is 2.29. The first-order valence-electron chi connectivity index (χ1n) is 19.1. The number of benzene rings is 4. The molecular weight excluding hydrogens is 661 g/mol. The fourth-order valence-electron chi connectivity index (χ4n) is 6.48. The highest BCUT2D eigenvalue weighted by Crippen LogP contribution is 2.22. The van der Waals surface area contributed by atoms with Gasteiger partial charge in [0.15, 0.2) is 0 Å². The molecule has 53 heavy (non-hydrogen) atoms. The van der Waals surface area contributed by atoms with Gasteiger partial charge in [0.1, 0.15) is 17.1 Å². The molecule has 3 N–H and O–H groups in total. The van der Waals surface area contributed by atoms with Gasteiger partial charge in [0.05, 0.1) is 6.61 Å². The van der Waals surface area contributed by atoms with Gasteiger partial charge in [0.2, 0.25) is 0 Å². The van der Waals surface area contributed by atoms with Crippen molar-refractivity contribution >= 4 is 6.09 Å². The third-order valence-electron chi connectivity index (χ3n) is 9.23. The van der Waals surface area contributed by atoms with Gasteiger partial charge in [-0.3, -0.25) is 0 Å². The van der Waals surface area contributed by atoms with Crippen molar-refractivity contribution in [2.24, 2.45) is 0 Å². The standard InChI is InChI=1S/C20H25NO.C13H12O.C12H23NO3.CH4/c1-2-6-17(7-3-1)16-18-9-11-20(12-10-18)22-15-13-19-8-4-5-14-21-19;14-13-8-6-12(7-9-13)10-11-4-2-1-3-5-11;1-12(2,3)16-11(15)13-8-5-4-6-10(13)7-9-14;/h1-3,6-7,9-12,19,21H,4-5,8,13-16H2;1-9,14H,10H2;10,14H,4-9H2,1-3H3;1H4. The van der Waals surface area contributed by atoms with Crippen molar-refractivity contribution in [3.63, 3.8) is 0 Å². The van der Waals surface area contributed by atoms with Crippen LogP contribution >= 0.6 is 0 Å². The molecule has 288 valence electrons. The van der Waals surface area contributed by atoms with E-state index >= 15 is 0 Å². The maximum atomic E-state index is 11.9. The summed E-state index contributed by atoms with van der Waals surface area (Å²) in [6, 6.07) is 37.5. The zero-order valence-electron chi connectivity index (χ0n) is 31.5. The van der Waals surface area contributed by atoms with Gasteiger partial charge >= 0.3 is 6.09 Å². The van der Waals surface area contributed by atoms with Crippen LogP contribution in [-0.4, -0.2) is 65.2 Å². The van der Waals surface area contributed by atoms with Crippen LogP contribution in [0.3, 0.4) is 0 Å². The average Bonchev–Trinajstić information content (AvgIpc) is 3.15. The minimum atomic E-state index is -0.446. The molecule has 4 aromatic carbocycles. The molecule has 2 aliphatic rings. The summed E-state index contributed by atoms with van der Waals surface area (Å²) in [5.74, 6) is 1.30. The summed E-state index contributed by atoms with van der Waals surface area (Å²) in [7, 11) is 0. The number of ether oxygens (including phenoxy) is 2. The number of carbonyl (C=O) groups is 1. The van der Waals surface area contributed by atoms with E-state index in [9.17, 15) is 4.79 Å². The second kappa shape index (κ2) is 23.4. The summed E-state index contributed by atoms with van der Waals surface area (Å²) in [5.41, 5.74) is 4.73. The summed E-state index contributed by atoms with van der Waals surface area (Å²) < 4.78 is 11.2. The lowest BCUT2D eigenvalue weighted by atomic mass is 10.0. The van der Waals surface area contributed by atoms with Gasteiger partial charge in [0.25, 0.3) is 0 Å². The Morgan fingerprint density at radius 3 is 1.81 bits per heavy atom. The quantitative estimate of drug-likeness (QED) is 0.151. The molecule has 2 atom stereocenters. The lowest BCUT2D eigenvalue weighted by Crippen LogP contribution is -2.46. The van der Waals surface area contributed by atoms with Crippen molar-refractivity contribution in [3.8, 4) is 11.5 Å². The molecule has 0 aromatic heterocycles. The lowest BCUT2D eigenvalue weighted by Gasteiger charge is -2.36. The molecule has 2 heterocycles. The summed E-state index contributed by atoms with van der Waals surface area (Å²) in [5, 5.41) is 21.7. The topological polar surface area (TPSA) is 91.3 Å². The van der Waals surface area contributed by atoms with Gasteiger partial charge < -0.3 is 29.9 Å². The molecule has 0 bridgehead atoms. The molecule has 2 fully saturated rings. The summed E-state index contributed by atoms with van der Waals surface area (Å²) >= 11 is 0. The van der Waals surface area contributed by atoms with Crippen LogP contribution in [0.5, 0.6) is 11.5 Å². The Morgan fingerprint density at radius 2 is 1.28 bits per heavy atom. The number of aliphatic hydroxyl groups is 1. The SMILES string of the molecule is C.CC(C)(C)OC(=O)N1CCCCC1CCO.Oc1ccc(Cc2ccccc2)cc1.c1ccc(Cc2ccc(OCCC3CCCCN3)cc2)cc1. The summed E-state index contributed by atoms with van der Waals surface area (Å²) in [6.07, 6.45) is 10.5. The number of nitrogens with one attached hydrogen (secondary N) is 1. The van der Waals surface area contributed by atoms with Crippen LogP contribution in [0.15, 0.2) is 109 Å². The molecule has 2 aliphatic heterocycles. The molecule has 4 aromatic rings. The molecule has 2 unspecified atom stereocenters. The second-order valence-corrected chi connectivity index (χ2v) is 14.8. The zero-order chi connectivity index (χ0) is 37.0. The normalized spacial score (nSPS) is 16.8. The second-order valence-electron chi connectivity index (χ2n) is 14.8. The number of phenolic OH excluding ortho intramolecular Hbond substituents is 1. The first-order valence-corrected chi connectivity index (χ1v) is 19.1. The van der Waals surface area contributed by atoms with Gasteiger partial charge in [-0.05, 0) is 132 Å².